The van der Waals surface area contributed by atoms with Gasteiger partial charge >= 0.3 is 0 Å². The minimum Gasteiger partial charge on any atom is -0.381 e. The monoisotopic (exact) mass is 243 g/mol. The van der Waals surface area contributed by atoms with Gasteiger partial charge in [0.05, 0.1) is 12.7 Å². The highest BCUT2D eigenvalue weighted by molar-refractivity contribution is 4.65. The largest absolute Gasteiger partial charge is 0.381 e. The van der Waals surface area contributed by atoms with Gasteiger partial charge in [-0.15, -0.1) is 0 Å². The molecule has 2 aliphatic heterocycles. The zero-order chi connectivity index (χ0) is 12.7. The smallest absolute Gasteiger partial charge is 0.0674 e. The molecule has 0 aromatic carbocycles. The average Bonchev–Trinajstić information content (AvgIpc) is 2.30. The predicted molar refractivity (Wildman–Crippen MR) is 71.3 cm³/mol. The molecule has 2 heterocycles. The number of hydrogen-bond acceptors (Lipinski definition) is 3. The van der Waals surface area contributed by atoms with Crippen LogP contribution < -0.4 is 0 Å². The van der Waals surface area contributed by atoms with Crippen LogP contribution in [-0.2, 0) is 9.47 Å². The second-order valence-corrected chi connectivity index (χ2v) is 5.64. The molecule has 0 saturated carbocycles. The number of morpholine rings is 1. The highest BCUT2D eigenvalue weighted by Crippen LogP contribution is 2.22. The second kappa shape index (κ2) is 8.06. The first-order valence-corrected chi connectivity index (χ1v) is 6.97. The molecule has 2 saturated heterocycles. The first-order valence-electron chi connectivity index (χ1n) is 6.97. The predicted octanol–water partition coefficient (Wildman–Crippen LogP) is 2.41. The highest BCUT2D eigenvalue weighted by Gasteiger charge is 2.16. The maximum atomic E-state index is 5.31. The Bertz CT molecular complexity index is 183. The molecule has 0 radical (unpaired) electrons. The van der Waals surface area contributed by atoms with Gasteiger partial charge in [-0.05, 0) is 38.6 Å². The summed E-state index contributed by atoms with van der Waals surface area (Å²) >= 11 is 0. The molecular weight excluding hydrogens is 214 g/mol. The molecule has 3 nitrogen and oxygen atoms in total. The maximum Gasteiger partial charge on any atom is 0.0674 e. The van der Waals surface area contributed by atoms with Crippen molar-refractivity contribution in [1.82, 2.24) is 4.90 Å². The zero-order valence-electron chi connectivity index (χ0n) is 11.9. The van der Waals surface area contributed by atoms with E-state index in [0.717, 1.165) is 44.7 Å². The number of likely N-dealkylation sites (N-methyl/N-ethyl adjacent to an activating group) is 1. The summed E-state index contributed by atoms with van der Waals surface area (Å²) in [6.45, 7) is 11.8. The fourth-order valence-corrected chi connectivity index (χ4v) is 2.38. The molecule has 0 N–H and O–H groups in total. The standard InChI is InChI=1S/C8H16O.C6H13NO/c1-7(2)8-3-5-9-6-4-8;1-6-5-7(2)3-4-8-6/h7-8H,3-6H2,1-2H3;6H,3-5H2,1-2H3. The lowest BCUT2D eigenvalue weighted by atomic mass is 9.89. The van der Waals surface area contributed by atoms with Gasteiger partial charge in [0.25, 0.3) is 0 Å². The zero-order valence-corrected chi connectivity index (χ0v) is 11.9. The third-order valence-electron chi connectivity index (χ3n) is 3.65. The van der Waals surface area contributed by atoms with Crippen molar-refractivity contribution in [3.8, 4) is 0 Å². The Morgan fingerprint density at radius 2 is 1.76 bits per heavy atom. The Kier molecular flexibility index (Phi) is 7.09. The van der Waals surface area contributed by atoms with Crippen LogP contribution in [0.1, 0.15) is 33.6 Å². The number of ether oxygens (including phenoxy) is 2. The summed E-state index contributed by atoms with van der Waals surface area (Å²) in [5, 5.41) is 0. The summed E-state index contributed by atoms with van der Waals surface area (Å²) in [4.78, 5) is 2.29. The molecule has 2 rings (SSSR count). The Morgan fingerprint density at radius 3 is 2.12 bits per heavy atom. The van der Waals surface area contributed by atoms with E-state index in [4.69, 9.17) is 9.47 Å². The Balaban J connectivity index is 0.000000171. The maximum absolute atomic E-state index is 5.31. The normalized spacial score (nSPS) is 27.7. The summed E-state index contributed by atoms with van der Waals surface area (Å²) in [5.74, 6) is 1.78. The van der Waals surface area contributed by atoms with Gasteiger partial charge in [-0.2, -0.15) is 0 Å². The summed E-state index contributed by atoms with van der Waals surface area (Å²) in [6, 6.07) is 0. The van der Waals surface area contributed by atoms with Crippen molar-refractivity contribution >= 4 is 0 Å². The summed E-state index contributed by atoms with van der Waals surface area (Å²) in [5.41, 5.74) is 0. The van der Waals surface area contributed by atoms with E-state index in [9.17, 15) is 0 Å². The molecule has 0 amide bonds. The lowest BCUT2D eigenvalue weighted by Gasteiger charge is -2.27. The van der Waals surface area contributed by atoms with Crippen LogP contribution in [0.25, 0.3) is 0 Å². The van der Waals surface area contributed by atoms with E-state index < -0.39 is 0 Å². The molecule has 0 aromatic heterocycles. The number of nitrogens with zero attached hydrogens (tertiary/aromatic N) is 1. The van der Waals surface area contributed by atoms with Gasteiger partial charge in [0, 0.05) is 26.3 Å². The third kappa shape index (κ3) is 6.39. The van der Waals surface area contributed by atoms with Crippen LogP contribution >= 0.6 is 0 Å². The molecular formula is C14H29NO2. The van der Waals surface area contributed by atoms with Gasteiger partial charge in [-0.25, -0.2) is 0 Å². The van der Waals surface area contributed by atoms with E-state index in [1.807, 2.05) is 0 Å². The van der Waals surface area contributed by atoms with Gasteiger partial charge in [0.1, 0.15) is 0 Å². The molecule has 3 heteroatoms. The van der Waals surface area contributed by atoms with Crippen molar-refractivity contribution in [1.29, 1.82) is 0 Å². The minimum atomic E-state index is 0.439. The lowest BCUT2D eigenvalue weighted by Crippen LogP contribution is -2.38. The van der Waals surface area contributed by atoms with Crippen LogP contribution in [0.3, 0.4) is 0 Å². The molecule has 2 aliphatic rings. The van der Waals surface area contributed by atoms with E-state index in [2.05, 4.69) is 32.7 Å². The SMILES string of the molecule is CC(C)C1CCOCC1.CC1CN(C)CCO1. The van der Waals surface area contributed by atoms with Crippen molar-refractivity contribution in [3.63, 3.8) is 0 Å². The van der Waals surface area contributed by atoms with Crippen LogP contribution in [0.5, 0.6) is 0 Å². The van der Waals surface area contributed by atoms with Crippen molar-refractivity contribution < 1.29 is 9.47 Å². The van der Waals surface area contributed by atoms with Gasteiger partial charge in [0.15, 0.2) is 0 Å². The number of hydrogen-bond donors (Lipinski definition) is 0. The molecule has 2 fully saturated rings. The highest BCUT2D eigenvalue weighted by atomic mass is 16.5. The molecule has 0 spiro atoms. The van der Waals surface area contributed by atoms with E-state index in [1.54, 1.807) is 0 Å². The topological polar surface area (TPSA) is 21.7 Å². The van der Waals surface area contributed by atoms with E-state index in [1.165, 1.54) is 12.8 Å². The average molecular weight is 243 g/mol. The minimum absolute atomic E-state index is 0.439. The van der Waals surface area contributed by atoms with Gasteiger partial charge < -0.3 is 14.4 Å². The molecule has 1 unspecified atom stereocenters. The Morgan fingerprint density at radius 1 is 1.12 bits per heavy atom. The fraction of sp³-hybridized carbons (Fsp3) is 1.00. The fourth-order valence-electron chi connectivity index (χ4n) is 2.38. The summed E-state index contributed by atoms with van der Waals surface area (Å²) in [7, 11) is 2.12. The van der Waals surface area contributed by atoms with Crippen LogP contribution in [0.15, 0.2) is 0 Å². The quantitative estimate of drug-likeness (QED) is 0.706. The number of rotatable bonds is 1. The van der Waals surface area contributed by atoms with Crippen LogP contribution in [-0.4, -0.2) is 51.0 Å². The summed E-state index contributed by atoms with van der Waals surface area (Å²) < 4.78 is 10.6. The van der Waals surface area contributed by atoms with E-state index in [-0.39, 0.29) is 0 Å². The molecule has 102 valence electrons. The van der Waals surface area contributed by atoms with Crippen LogP contribution in [0.2, 0.25) is 0 Å². The van der Waals surface area contributed by atoms with Crippen molar-refractivity contribution in [2.75, 3.05) is 40.0 Å². The van der Waals surface area contributed by atoms with Gasteiger partial charge in [0.2, 0.25) is 0 Å². The van der Waals surface area contributed by atoms with Crippen LogP contribution in [0, 0.1) is 11.8 Å². The molecule has 1 atom stereocenters. The molecule has 0 aromatic rings. The summed E-state index contributed by atoms with van der Waals surface area (Å²) in [6.07, 6.45) is 2.99. The molecule has 17 heavy (non-hydrogen) atoms. The van der Waals surface area contributed by atoms with Crippen molar-refractivity contribution in [2.24, 2.45) is 11.8 Å². The lowest BCUT2D eigenvalue weighted by molar-refractivity contribution is -0.00861. The first kappa shape index (κ1) is 14.9. The Hall–Kier alpha value is -0.120. The van der Waals surface area contributed by atoms with Crippen molar-refractivity contribution in [2.45, 2.75) is 39.7 Å². The van der Waals surface area contributed by atoms with Crippen molar-refractivity contribution in [3.05, 3.63) is 0 Å². The van der Waals surface area contributed by atoms with Crippen LogP contribution in [0.4, 0.5) is 0 Å². The third-order valence-corrected chi connectivity index (χ3v) is 3.65. The second-order valence-electron chi connectivity index (χ2n) is 5.64. The molecule has 0 aliphatic carbocycles. The van der Waals surface area contributed by atoms with Gasteiger partial charge in [-0.3, -0.25) is 0 Å². The Labute approximate surface area is 106 Å². The van der Waals surface area contributed by atoms with E-state index >= 15 is 0 Å². The molecule has 0 bridgehead atoms. The first-order chi connectivity index (χ1) is 8.09. The van der Waals surface area contributed by atoms with Gasteiger partial charge in [-0.1, -0.05) is 13.8 Å². The van der Waals surface area contributed by atoms with E-state index in [0.29, 0.717) is 6.10 Å².